The number of halogens is 1. The number of benzene rings is 1. The van der Waals surface area contributed by atoms with E-state index in [0.29, 0.717) is 31.4 Å². The Kier molecular flexibility index (Phi) is 6.95. The molecule has 33 heavy (non-hydrogen) atoms. The van der Waals surface area contributed by atoms with Gasteiger partial charge in [0.25, 0.3) is 0 Å². The molecule has 5 heteroatoms. The highest BCUT2D eigenvalue weighted by Gasteiger charge is 2.54. The van der Waals surface area contributed by atoms with Crippen LogP contribution >= 0.6 is 0 Å². The summed E-state index contributed by atoms with van der Waals surface area (Å²) in [5.41, 5.74) is 2.40. The zero-order chi connectivity index (χ0) is 23.3. The number of nitriles is 1. The second-order valence-electron chi connectivity index (χ2n) is 9.18. The molecule has 0 aromatic heterocycles. The molecule has 1 aliphatic heterocycles. The summed E-state index contributed by atoms with van der Waals surface area (Å²) in [7, 11) is 0. The first-order valence-corrected chi connectivity index (χ1v) is 11.9. The van der Waals surface area contributed by atoms with Crippen molar-refractivity contribution < 1.29 is 9.50 Å². The molecular formula is C28H32FN3O. The molecule has 4 nitrogen and oxygen atoms in total. The predicted molar refractivity (Wildman–Crippen MR) is 130 cm³/mol. The van der Waals surface area contributed by atoms with Gasteiger partial charge >= 0.3 is 0 Å². The highest BCUT2D eigenvalue weighted by atomic mass is 19.1. The third kappa shape index (κ3) is 4.58. The first-order valence-electron chi connectivity index (χ1n) is 11.9. The van der Waals surface area contributed by atoms with Gasteiger partial charge in [-0.3, -0.25) is 5.01 Å². The van der Waals surface area contributed by atoms with Crippen molar-refractivity contribution in [2.45, 2.75) is 63.9 Å². The zero-order valence-corrected chi connectivity index (χ0v) is 19.3. The molecular weight excluding hydrogens is 413 g/mol. The molecule has 4 rings (SSSR count). The topological polar surface area (TPSA) is 59.6 Å². The average Bonchev–Trinajstić information content (AvgIpc) is 2.94. The lowest BCUT2D eigenvalue weighted by Crippen LogP contribution is -2.45. The fraction of sp³-hybridized carbons (Fsp3) is 0.429. The Morgan fingerprint density at radius 3 is 2.94 bits per heavy atom. The molecule has 172 valence electrons. The van der Waals surface area contributed by atoms with Crippen molar-refractivity contribution >= 4 is 6.21 Å². The van der Waals surface area contributed by atoms with Gasteiger partial charge in [0, 0.05) is 11.6 Å². The zero-order valence-electron chi connectivity index (χ0n) is 19.3. The van der Waals surface area contributed by atoms with E-state index < -0.39 is 11.4 Å². The Bertz CT molecular complexity index is 1080. The van der Waals surface area contributed by atoms with Gasteiger partial charge in [-0.1, -0.05) is 48.9 Å². The van der Waals surface area contributed by atoms with Crippen LogP contribution in [0.25, 0.3) is 0 Å². The first kappa shape index (κ1) is 23.2. The molecule has 0 spiro atoms. The predicted octanol–water partition coefficient (Wildman–Crippen LogP) is 5.96. The van der Waals surface area contributed by atoms with E-state index in [4.69, 9.17) is 5.10 Å². The van der Waals surface area contributed by atoms with Crippen LogP contribution in [0.3, 0.4) is 0 Å². The number of aryl methyl sites for hydroxylation is 1. The van der Waals surface area contributed by atoms with Gasteiger partial charge in [-0.2, -0.15) is 10.4 Å². The van der Waals surface area contributed by atoms with E-state index in [9.17, 15) is 14.8 Å². The van der Waals surface area contributed by atoms with Gasteiger partial charge in [0.2, 0.25) is 0 Å². The number of rotatable bonds is 5. The van der Waals surface area contributed by atoms with Gasteiger partial charge in [-0.25, -0.2) is 4.39 Å². The summed E-state index contributed by atoms with van der Waals surface area (Å²) < 4.78 is 13.6. The van der Waals surface area contributed by atoms with Gasteiger partial charge in [0.15, 0.2) is 0 Å². The largest absolute Gasteiger partial charge is 0.389 e. The smallest absolute Gasteiger partial charge is 0.124 e. The first-order chi connectivity index (χ1) is 16.0. The molecule has 0 amide bonds. The Balaban J connectivity index is 1.58. The van der Waals surface area contributed by atoms with E-state index >= 15 is 0 Å². The van der Waals surface area contributed by atoms with Crippen LogP contribution in [0.1, 0.15) is 63.0 Å². The maximum absolute atomic E-state index is 13.6. The van der Waals surface area contributed by atoms with Crippen LogP contribution < -0.4 is 0 Å². The Morgan fingerprint density at radius 2 is 2.12 bits per heavy atom. The van der Waals surface area contributed by atoms with Crippen LogP contribution in [0.4, 0.5) is 4.39 Å². The summed E-state index contributed by atoms with van der Waals surface area (Å²) in [5.74, 6) is -0.403. The van der Waals surface area contributed by atoms with Crippen LogP contribution in [0.2, 0.25) is 0 Å². The SMILES string of the molecule is CCC12CCC=NN(C3=CCC=CC=C3)CC=C1CCC2(O)CCc1ccc(F)cc1C#N. The number of hydrogen-bond donors (Lipinski definition) is 1. The van der Waals surface area contributed by atoms with Crippen molar-refractivity contribution in [3.63, 3.8) is 0 Å². The average molecular weight is 446 g/mol. The summed E-state index contributed by atoms with van der Waals surface area (Å²) in [5, 5.41) is 28.2. The molecule has 1 aromatic rings. The Hall–Kier alpha value is -2.97. The van der Waals surface area contributed by atoms with Gasteiger partial charge in [0.1, 0.15) is 5.82 Å². The van der Waals surface area contributed by atoms with Crippen LogP contribution in [0, 0.1) is 22.6 Å². The van der Waals surface area contributed by atoms with Gasteiger partial charge in [-0.05, 0) is 75.1 Å². The Labute approximate surface area is 196 Å². The molecule has 1 N–H and O–H groups in total. The second kappa shape index (κ2) is 9.89. The van der Waals surface area contributed by atoms with Crippen LogP contribution in [-0.4, -0.2) is 28.5 Å². The van der Waals surface area contributed by atoms with Crippen molar-refractivity contribution in [2.75, 3.05) is 6.54 Å². The van der Waals surface area contributed by atoms with E-state index in [0.717, 1.165) is 43.4 Å². The van der Waals surface area contributed by atoms with Crippen molar-refractivity contribution in [2.24, 2.45) is 10.5 Å². The molecule has 1 saturated carbocycles. The second-order valence-corrected chi connectivity index (χ2v) is 9.18. The standard InChI is InChI=1S/C28H32FN3O/c1-2-27-15-7-18-31-32(26-8-5-3-4-6-9-26)19-14-24(27)13-17-28(27,33)16-12-22-10-11-25(29)20-23(22)21-30/h3-5,8-11,14,18,20,33H,2,6-7,12-13,15-17,19H2,1H3. The van der Waals surface area contributed by atoms with E-state index in [2.05, 4.69) is 43.4 Å². The molecule has 1 aromatic carbocycles. The number of aliphatic hydroxyl groups is 1. The maximum Gasteiger partial charge on any atom is 0.124 e. The Morgan fingerprint density at radius 1 is 1.24 bits per heavy atom. The van der Waals surface area contributed by atoms with E-state index in [1.165, 1.54) is 17.7 Å². The van der Waals surface area contributed by atoms with Crippen LogP contribution in [0.5, 0.6) is 0 Å². The number of hydrazone groups is 1. The molecule has 2 aliphatic carbocycles. The van der Waals surface area contributed by atoms with Crippen LogP contribution in [0.15, 0.2) is 71.0 Å². The summed E-state index contributed by atoms with van der Waals surface area (Å²) >= 11 is 0. The number of hydrogen-bond acceptors (Lipinski definition) is 4. The normalized spacial score (nSPS) is 27.0. The molecule has 2 atom stereocenters. The molecule has 1 heterocycles. The highest BCUT2D eigenvalue weighted by Crippen LogP contribution is 2.57. The molecule has 2 unspecified atom stereocenters. The monoisotopic (exact) mass is 445 g/mol. The fourth-order valence-electron chi connectivity index (χ4n) is 5.76. The lowest BCUT2D eigenvalue weighted by molar-refractivity contribution is -0.0597. The molecule has 1 fully saturated rings. The van der Waals surface area contributed by atoms with Gasteiger partial charge < -0.3 is 5.11 Å². The van der Waals surface area contributed by atoms with Gasteiger partial charge in [0.05, 0.1) is 29.5 Å². The number of nitrogens with zero attached hydrogens (tertiary/aromatic N) is 3. The minimum atomic E-state index is -0.858. The number of allylic oxidation sites excluding steroid dienone is 5. The van der Waals surface area contributed by atoms with Gasteiger partial charge in [-0.15, -0.1) is 0 Å². The van der Waals surface area contributed by atoms with E-state index in [1.807, 2.05) is 17.3 Å². The highest BCUT2D eigenvalue weighted by molar-refractivity contribution is 5.58. The minimum absolute atomic E-state index is 0.308. The summed E-state index contributed by atoms with van der Waals surface area (Å²) in [6.07, 6.45) is 20.8. The number of fused-ring (bicyclic) bond motifs is 1. The summed E-state index contributed by atoms with van der Waals surface area (Å²) in [4.78, 5) is 0. The van der Waals surface area contributed by atoms with E-state index in [1.54, 1.807) is 6.07 Å². The summed E-state index contributed by atoms with van der Waals surface area (Å²) in [6, 6.07) is 6.46. The van der Waals surface area contributed by atoms with Crippen LogP contribution in [-0.2, 0) is 6.42 Å². The quantitative estimate of drug-likeness (QED) is 0.569. The molecule has 0 saturated heterocycles. The van der Waals surface area contributed by atoms with Crippen molar-refractivity contribution in [1.29, 1.82) is 5.26 Å². The van der Waals surface area contributed by atoms with Crippen molar-refractivity contribution in [3.05, 3.63) is 82.9 Å². The summed E-state index contributed by atoms with van der Waals surface area (Å²) in [6.45, 7) is 2.84. The molecule has 0 bridgehead atoms. The maximum atomic E-state index is 13.6. The third-order valence-corrected chi connectivity index (χ3v) is 7.62. The van der Waals surface area contributed by atoms with Crippen molar-refractivity contribution in [1.82, 2.24) is 5.01 Å². The molecule has 0 radical (unpaired) electrons. The molecule has 3 aliphatic rings. The lowest BCUT2D eigenvalue weighted by Gasteiger charge is -2.43. The van der Waals surface area contributed by atoms with Crippen molar-refractivity contribution in [3.8, 4) is 6.07 Å². The minimum Gasteiger partial charge on any atom is -0.389 e. The van der Waals surface area contributed by atoms with E-state index in [-0.39, 0.29) is 5.41 Å². The lowest BCUT2D eigenvalue weighted by atomic mass is 9.65. The fourth-order valence-corrected chi connectivity index (χ4v) is 5.76. The third-order valence-electron chi connectivity index (χ3n) is 7.62.